The van der Waals surface area contributed by atoms with Gasteiger partial charge in [-0.15, -0.1) is 0 Å². The zero-order valence-corrected chi connectivity index (χ0v) is 21.3. The lowest BCUT2D eigenvalue weighted by molar-refractivity contribution is 0.393. The van der Waals surface area contributed by atoms with Crippen molar-refractivity contribution in [1.82, 2.24) is 14.6 Å². The summed E-state index contributed by atoms with van der Waals surface area (Å²) in [7, 11) is 4.05. The number of aromatic nitrogens is 2. The Morgan fingerprint density at radius 3 is 2.08 bits per heavy atom. The molecule has 8 rings (SSSR count). The average molecular weight is 492 g/mol. The van der Waals surface area contributed by atoms with Crippen molar-refractivity contribution in [3.63, 3.8) is 0 Å². The highest BCUT2D eigenvalue weighted by Gasteiger charge is 2.42. The van der Waals surface area contributed by atoms with Gasteiger partial charge in [0.25, 0.3) is 0 Å². The fourth-order valence-electron chi connectivity index (χ4n) is 6.29. The van der Waals surface area contributed by atoms with Gasteiger partial charge in [-0.2, -0.15) is 5.10 Å². The molecule has 182 valence electrons. The van der Waals surface area contributed by atoms with Crippen molar-refractivity contribution in [1.29, 1.82) is 0 Å². The standard InChI is InChI=1S/C31H25BN6/c1-35-16-15-33-31(35)21-11-13-23-25-7-3-5-9-29(25)38-30-10-6-4-8-26(30)24-14-12-22(37-19-34-36(2)20-37)18-28(24)32(38)27(23)17-21/h3-19H,20H2,1-2H3. The number of hydrogen-bond donors (Lipinski definition) is 0. The Labute approximate surface area is 222 Å². The van der Waals surface area contributed by atoms with E-state index in [1.807, 2.05) is 30.8 Å². The van der Waals surface area contributed by atoms with Crippen LogP contribution in [0.5, 0.6) is 0 Å². The number of anilines is 3. The normalized spacial score (nSPS) is 14.7. The minimum Gasteiger partial charge on any atom is -0.376 e. The van der Waals surface area contributed by atoms with Gasteiger partial charge in [0.15, 0.2) is 0 Å². The second kappa shape index (κ2) is 7.86. The number of benzene rings is 4. The van der Waals surface area contributed by atoms with Crippen LogP contribution in [0.2, 0.25) is 0 Å². The van der Waals surface area contributed by atoms with E-state index in [1.54, 1.807) is 0 Å². The van der Waals surface area contributed by atoms with Crippen LogP contribution in [0, 0.1) is 0 Å². The molecular weight excluding hydrogens is 467 g/mol. The number of aryl methyl sites for hydroxylation is 1. The Morgan fingerprint density at radius 1 is 0.737 bits per heavy atom. The van der Waals surface area contributed by atoms with Crippen molar-refractivity contribution in [2.24, 2.45) is 12.1 Å². The van der Waals surface area contributed by atoms with E-state index in [-0.39, 0.29) is 6.85 Å². The largest absolute Gasteiger partial charge is 0.376 e. The maximum Gasteiger partial charge on any atom is 0.329 e. The summed E-state index contributed by atoms with van der Waals surface area (Å²) in [5.41, 5.74) is 12.4. The summed E-state index contributed by atoms with van der Waals surface area (Å²) in [6.07, 6.45) is 5.78. The third-order valence-electron chi connectivity index (χ3n) is 8.00. The molecular formula is C31H25BN6. The van der Waals surface area contributed by atoms with E-state index >= 15 is 0 Å². The molecule has 0 fully saturated rings. The lowest BCUT2D eigenvalue weighted by Crippen LogP contribution is -2.59. The summed E-state index contributed by atoms with van der Waals surface area (Å²) in [6.45, 7) is 0.772. The van der Waals surface area contributed by atoms with Crippen LogP contribution in [-0.2, 0) is 7.05 Å². The first kappa shape index (κ1) is 21.3. The van der Waals surface area contributed by atoms with Gasteiger partial charge in [-0.1, -0.05) is 60.7 Å². The van der Waals surface area contributed by atoms with E-state index in [1.165, 1.54) is 44.6 Å². The van der Waals surface area contributed by atoms with Gasteiger partial charge in [0.05, 0.1) is 0 Å². The van der Waals surface area contributed by atoms with Gasteiger partial charge in [-0.05, 0) is 46.3 Å². The van der Waals surface area contributed by atoms with Crippen LogP contribution in [0.4, 0.5) is 17.1 Å². The predicted octanol–water partition coefficient (Wildman–Crippen LogP) is 4.64. The third-order valence-corrected chi connectivity index (χ3v) is 8.00. The van der Waals surface area contributed by atoms with Crippen LogP contribution in [0.1, 0.15) is 0 Å². The number of hydrogen-bond acceptors (Lipinski definition) is 5. The lowest BCUT2D eigenvalue weighted by atomic mass is 9.43. The van der Waals surface area contributed by atoms with Crippen LogP contribution < -0.4 is 20.6 Å². The Kier molecular flexibility index (Phi) is 4.41. The molecule has 0 N–H and O–H groups in total. The molecule has 1 aromatic heterocycles. The first-order valence-corrected chi connectivity index (χ1v) is 12.9. The van der Waals surface area contributed by atoms with E-state index in [4.69, 9.17) is 0 Å². The van der Waals surface area contributed by atoms with E-state index in [0.29, 0.717) is 0 Å². The summed E-state index contributed by atoms with van der Waals surface area (Å²) in [5.74, 6) is 0.972. The molecule has 3 aliphatic rings. The molecule has 0 radical (unpaired) electrons. The van der Waals surface area contributed by atoms with E-state index < -0.39 is 0 Å². The number of hydrazone groups is 1. The first-order valence-electron chi connectivity index (χ1n) is 12.9. The van der Waals surface area contributed by atoms with E-state index in [9.17, 15) is 0 Å². The predicted molar refractivity (Wildman–Crippen MR) is 157 cm³/mol. The molecule has 3 aliphatic heterocycles. The molecule has 5 aromatic rings. The van der Waals surface area contributed by atoms with Crippen molar-refractivity contribution in [3.05, 3.63) is 97.3 Å². The Hall–Kier alpha value is -4.78. The zero-order valence-electron chi connectivity index (χ0n) is 21.3. The molecule has 0 saturated carbocycles. The number of imidazole rings is 1. The topological polar surface area (TPSA) is 39.9 Å². The first-order chi connectivity index (χ1) is 18.7. The fraction of sp³-hybridized carbons (Fsp3) is 0.0968. The SMILES string of the molecule is CN1CN(c2ccc3c(c2)B2c4cc(-c5nccn5C)ccc4-c4ccccc4N2c2ccccc2-3)C=N1. The summed E-state index contributed by atoms with van der Waals surface area (Å²) in [4.78, 5) is 9.40. The molecule has 0 unspecified atom stereocenters. The Bertz CT molecular complexity index is 1770. The highest BCUT2D eigenvalue weighted by atomic mass is 15.6. The highest BCUT2D eigenvalue weighted by Crippen LogP contribution is 2.46. The molecule has 4 aromatic carbocycles. The Balaban J connectivity index is 1.42. The second-order valence-corrected chi connectivity index (χ2v) is 10.2. The molecule has 0 spiro atoms. The molecule has 0 aliphatic carbocycles. The van der Waals surface area contributed by atoms with Crippen molar-refractivity contribution in [2.45, 2.75) is 0 Å². The summed E-state index contributed by atoms with van der Waals surface area (Å²) < 4.78 is 2.09. The van der Waals surface area contributed by atoms with Gasteiger partial charge < -0.3 is 14.3 Å². The molecule has 0 bridgehead atoms. The Morgan fingerprint density at radius 2 is 1.42 bits per heavy atom. The van der Waals surface area contributed by atoms with Crippen molar-refractivity contribution >= 4 is 41.2 Å². The molecule has 0 amide bonds. The lowest BCUT2D eigenvalue weighted by Gasteiger charge is -2.43. The van der Waals surface area contributed by atoms with Crippen LogP contribution in [0.3, 0.4) is 0 Å². The quantitative estimate of drug-likeness (QED) is 0.337. The smallest absolute Gasteiger partial charge is 0.329 e. The zero-order chi connectivity index (χ0) is 25.4. The highest BCUT2D eigenvalue weighted by molar-refractivity contribution is 6.92. The maximum absolute atomic E-state index is 4.66. The molecule has 4 heterocycles. The van der Waals surface area contributed by atoms with Gasteiger partial charge in [-0.3, -0.25) is 5.01 Å². The minimum atomic E-state index is 0.0299. The molecule has 0 atom stereocenters. The van der Waals surface area contributed by atoms with E-state index in [2.05, 4.69) is 116 Å². The minimum absolute atomic E-state index is 0.0299. The average Bonchev–Trinajstić information content (AvgIpc) is 3.60. The molecule has 6 nitrogen and oxygen atoms in total. The van der Waals surface area contributed by atoms with Gasteiger partial charge in [0.1, 0.15) is 18.8 Å². The van der Waals surface area contributed by atoms with Crippen molar-refractivity contribution < 1.29 is 0 Å². The number of para-hydroxylation sites is 2. The summed E-state index contributed by atoms with van der Waals surface area (Å²) in [6, 6.07) is 31.3. The van der Waals surface area contributed by atoms with Crippen molar-refractivity contribution in [2.75, 3.05) is 23.4 Å². The second-order valence-electron chi connectivity index (χ2n) is 10.2. The number of rotatable bonds is 2. The molecule has 7 heteroatoms. The number of nitrogens with zero attached hydrogens (tertiary/aromatic N) is 6. The monoisotopic (exact) mass is 492 g/mol. The molecule has 38 heavy (non-hydrogen) atoms. The summed E-state index contributed by atoms with van der Waals surface area (Å²) >= 11 is 0. The fourth-order valence-corrected chi connectivity index (χ4v) is 6.29. The third kappa shape index (κ3) is 2.96. The van der Waals surface area contributed by atoms with E-state index in [0.717, 1.165) is 23.7 Å². The van der Waals surface area contributed by atoms with Gasteiger partial charge in [-0.25, -0.2) is 4.98 Å². The van der Waals surface area contributed by atoms with Crippen LogP contribution in [0.15, 0.2) is 102 Å². The van der Waals surface area contributed by atoms with Crippen LogP contribution in [-0.4, -0.2) is 41.5 Å². The van der Waals surface area contributed by atoms with Gasteiger partial charge >= 0.3 is 6.85 Å². The van der Waals surface area contributed by atoms with Gasteiger partial charge in [0.2, 0.25) is 0 Å². The van der Waals surface area contributed by atoms with Crippen LogP contribution >= 0.6 is 0 Å². The molecule has 0 saturated heterocycles. The maximum atomic E-state index is 4.66. The summed E-state index contributed by atoms with van der Waals surface area (Å²) in [5, 5.41) is 6.40. The van der Waals surface area contributed by atoms with Crippen molar-refractivity contribution in [3.8, 4) is 33.6 Å². The van der Waals surface area contributed by atoms with Crippen LogP contribution in [0.25, 0.3) is 33.6 Å². The van der Waals surface area contributed by atoms with Gasteiger partial charge in [0, 0.05) is 60.2 Å². The number of fused-ring (bicyclic) bond motifs is 11.